The molecule has 2 heterocycles. The molecule has 1 aliphatic rings. The molecule has 0 aliphatic carbocycles. The standard InChI is InChI=1S/C13H19N3O4S/c1-9-14-10(8-21-9)6-15(2)13(19)16-3-4-20-11(7-16)5-12(17)18/h8,11H,3-7H2,1-2H3,(H,17,18). The molecule has 2 rings (SSSR count). The molecule has 21 heavy (non-hydrogen) atoms. The number of urea groups is 1. The van der Waals surface area contributed by atoms with Crippen LogP contribution in [0.5, 0.6) is 0 Å². The van der Waals surface area contributed by atoms with Crippen molar-refractivity contribution >= 4 is 23.3 Å². The Labute approximate surface area is 127 Å². The van der Waals surface area contributed by atoms with Gasteiger partial charge in [-0.3, -0.25) is 4.79 Å². The summed E-state index contributed by atoms with van der Waals surface area (Å²) in [6.07, 6.45) is -0.520. The number of carbonyl (C=O) groups excluding carboxylic acids is 1. The fraction of sp³-hybridized carbons (Fsp3) is 0.615. The van der Waals surface area contributed by atoms with Crippen molar-refractivity contribution in [1.29, 1.82) is 0 Å². The van der Waals surface area contributed by atoms with Gasteiger partial charge >= 0.3 is 12.0 Å². The van der Waals surface area contributed by atoms with Gasteiger partial charge in [-0.2, -0.15) is 0 Å². The molecule has 2 amide bonds. The lowest BCUT2D eigenvalue weighted by Gasteiger charge is -2.34. The Hall–Kier alpha value is -1.67. The van der Waals surface area contributed by atoms with Gasteiger partial charge in [-0.25, -0.2) is 9.78 Å². The second kappa shape index (κ2) is 6.86. The zero-order valence-electron chi connectivity index (χ0n) is 12.1. The van der Waals surface area contributed by atoms with Crippen molar-refractivity contribution in [2.75, 3.05) is 26.7 Å². The van der Waals surface area contributed by atoms with Gasteiger partial charge in [0.25, 0.3) is 0 Å². The maximum Gasteiger partial charge on any atom is 0.320 e. The fourth-order valence-electron chi connectivity index (χ4n) is 2.24. The Morgan fingerprint density at radius 1 is 1.62 bits per heavy atom. The molecule has 8 heteroatoms. The van der Waals surface area contributed by atoms with Crippen LogP contribution in [0.25, 0.3) is 0 Å². The van der Waals surface area contributed by atoms with Crippen molar-refractivity contribution in [3.63, 3.8) is 0 Å². The molecule has 0 bridgehead atoms. The van der Waals surface area contributed by atoms with E-state index < -0.39 is 12.1 Å². The first-order chi connectivity index (χ1) is 9.95. The first kappa shape index (κ1) is 15.7. The van der Waals surface area contributed by atoms with Gasteiger partial charge in [0.15, 0.2) is 0 Å². The van der Waals surface area contributed by atoms with Crippen LogP contribution in [0.15, 0.2) is 5.38 Å². The molecule has 0 spiro atoms. The van der Waals surface area contributed by atoms with Gasteiger partial charge in [-0.1, -0.05) is 0 Å². The van der Waals surface area contributed by atoms with E-state index in [2.05, 4.69) is 4.98 Å². The van der Waals surface area contributed by atoms with Crippen molar-refractivity contribution in [3.05, 3.63) is 16.1 Å². The molecule has 1 aromatic rings. The van der Waals surface area contributed by atoms with E-state index in [9.17, 15) is 9.59 Å². The van der Waals surface area contributed by atoms with Crippen LogP contribution in [0, 0.1) is 6.92 Å². The smallest absolute Gasteiger partial charge is 0.320 e. The summed E-state index contributed by atoms with van der Waals surface area (Å²) in [7, 11) is 1.72. The van der Waals surface area contributed by atoms with Crippen LogP contribution in [0.4, 0.5) is 4.79 Å². The third kappa shape index (κ3) is 4.40. The summed E-state index contributed by atoms with van der Waals surface area (Å²) in [6, 6.07) is -0.126. The number of hydrogen-bond acceptors (Lipinski definition) is 5. The number of thiazole rings is 1. The third-order valence-corrected chi connectivity index (χ3v) is 4.03. The molecule has 0 aromatic carbocycles. The van der Waals surface area contributed by atoms with Crippen LogP contribution in [0.1, 0.15) is 17.1 Å². The molecule has 1 aromatic heterocycles. The molecule has 0 saturated carbocycles. The minimum absolute atomic E-state index is 0.0845. The fourth-order valence-corrected chi connectivity index (χ4v) is 2.85. The van der Waals surface area contributed by atoms with Crippen LogP contribution in [-0.4, -0.2) is 64.7 Å². The van der Waals surface area contributed by atoms with E-state index in [4.69, 9.17) is 9.84 Å². The predicted octanol–water partition coefficient (Wildman–Crippen LogP) is 1.18. The molecule has 1 fully saturated rings. The van der Waals surface area contributed by atoms with Crippen molar-refractivity contribution in [3.8, 4) is 0 Å². The number of amides is 2. The highest BCUT2D eigenvalue weighted by Crippen LogP contribution is 2.14. The summed E-state index contributed by atoms with van der Waals surface area (Å²) in [5, 5.41) is 11.7. The average molecular weight is 313 g/mol. The second-order valence-electron chi connectivity index (χ2n) is 5.03. The lowest BCUT2D eigenvalue weighted by molar-refractivity contribution is -0.141. The van der Waals surface area contributed by atoms with Crippen LogP contribution in [-0.2, 0) is 16.1 Å². The summed E-state index contributed by atoms with van der Waals surface area (Å²) >= 11 is 1.55. The lowest BCUT2D eigenvalue weighted by atomic mass is 10.2. The average Bonchev–Trinajstić information content (AvgIpc) is 2.82. The van der Waals surface area contributed by atoms with E-state index >= 15 is 0 Å². The van der Waals surface area contributed by atoms with Crippen molar-refractivity contribution in [2.45, 2.75) is 26.0 Å². The minimum atomic E-state index is -0.916. The Kier molecular flexibility index (Phi) is 5.13. The number of aliphatic carboxylic acids is 1. The van der Waals surface area contributed by atoms with Gasteiger partial charge in [0.1, 0.15) is 0 Å². The van der Waals surface area contributed by atoms with Gasteiger partial charge in [0, 0.05) is 25.5 Å². The highest BCUT2D eigenvalue weighted by Gasteiger charge is 2.27. The van der Waals surface area contributed by atoms with Crippen LogP contribution < -0.4 is 0 Å². The Balaban J connectivity index is 1.90. The number of morpholine rings is 1. The number of aryl methyl sites for hydroxylation is 1. The molecule has 1 atom stereocenters. The maximum atomic E-state index is 12.4. The molecule has 0 radical (unpaired) electrons. The monoisotopic (exact) mass is 313 g/mol. The number of nitrogens with zero attached hydrogens (tertiary/aromatic N) is 3. The molecule has 7 nitrogen and oxygen atoms in total. The van der Waals surface area contributed by atoms with Crippen LogP contribution in [0.3, 0.4) is 0 Å². The van der Waals surface area contributed by atoms with Crippen LogP contribution >= 0.6 is 11.3 Å². The zero-order valence-corrected chi connectivity index (χ0v) is 12.9. The summed E-state index contributed by atoms with van der Waals surface area (Å²) in [4.78, 5) is 30.7. The summed E-state index contributed by atoms with van der Waals surface area (Å²) < 4.78 is 5.37. The first-order valence-corrected chi connectivity index (χ1v) is 7.58. The SMILES string of the molecule is Cc1nc(CN(C)C(=O)N2CCOC(CC(=O)O)C2)cs1. The number of carboxylic acids is 1. The normalized spacial score (nSPS) is 18.6. The quantitative estimate of drug-likeness (QED) is 0.902. The number of carboxylic acid groups (broad SMARTS) is 1. The van der Waals surface area contributed by atoms with Gasteiger partial charge < -0.3 is 19.6 Å². The van der Waals surface area contributed by atoms with Crippen molar-refractivity contribution in [1.82, 2.24) is 14.8 Å². The summed E-state index contributed by atoms with van der Waals surface area (Å²) in [5.74, 6) is -0.916. The Bertz CT molecular complexity index is 519. The van der Waals surface area contributed by atoms with Gasteiger partial charge in [0.2, 0.25) is 0 Å². The summed E-state index contributed by atoms with van der Waals surface area (Å²) in [5.41, 5.74) is 0.865. The number of aromatic nitrogens is 1. The van der Waals surface area contributed by atoms with Crippen LogP contribution in [0.2, 0.25) is 0 Å². The molecule has 1 aliphatic heterocycles. The Morgan fingerprint density at radius 2 is 2.38 bits per heavy atom. The molecule has 1 saturated heterocycles. The zero-order chi connectivity index (χ0) is 15.4. The lowest BCUT2D eigenvalue weighted by Crippen LogP contribution is -2.50. The molecule has 1 N–H and O–H groups in total. The summed E-state index contributed by atoms with van der Waals surface area (Å²) in [6.45, 7) is 3.53. The highest BCUT2D eigenvalue weighted by molar-refractivity contribution is 7.09. The molecular weight excluding hydrogens is 294 g/mol. The molecule has 116 valence electrons. The highest BCUT2D eigenvalue weighted by atomic mass is 32.1. The van der Waals surface area contributed by atoms with E-state index in [0.717, 1.165) is 10.7 Å². The Morgan fingerprint density at radius 3 is 3.00 bits per heavy atom. The number of rotatable bonds is 4. The number of hydrogen-bond donors (Lipinski definition) is 1. The first-order valence-electron chi connectivity index (χ1n) is 6.70. The van der Waals surface area contributed by atoms with Gasteiger partial charge in [-0.05, 0) is 6.92 Å². The van der Waals surface area contributed by atoms with Gasteiger partial charge in [0.05, 0.1) is 36.4 Å². The van der Waals surface area contributed by atoms with E-state index in [-0.39, 0.29) is 12.5 Å². The predicted molar refractivity (Wildman–Crippen MR) is 77.3 cm³/mol. The topological polar surface area (TPSA) is 83.0 Å². The van der Waals surface area contributed by atoms with E-state index in [1.807, 2.05) is 12.3 Å². The molecular formula is C13H19N3O4S. The number of ether oxygens (including phenoxy) is 1. The second-order valence-corrected chi connectivity index (χ2v) is 6.10. The van der Waals surface area contributed by atoms with E-state index in [1.165, 1.54) is 0 Å². The van der Waals surface area contributed by atoms with Gasteiger partial charge in [-0.15, -0.1) is 11.3 Å². The van der Waals surface area contributed by atoms with E-state index in [1.54, 1.807) is 28.2 Å². The third-order valence-electron chi connectivity index (χ3n) is 3.20. The molecule has 1 unspecified atom stereocenters. The minimum Gasteiger partial charge on any atom is -0.481 e. The largest absolute Gasteiger partial charge is 0.481 e. The van der Waals surface area contributed by atoms with Crippen molar-refractivity contribution in [2.24, 2.45) is 0 Å². The van der Waals surface area contributed by atoms with Crippen molar-refractivity contribution < 1.29 is 19.4 Å². The number of carbonyl (C=O) groups is 2. The maximum absolute atomic E-state index is 12.4. The van der Waals surface area contributed by atoms with E-state index in [0.29, 0.717) is 26.2 Å².